The first-order valence-corrected chi connectivity index (χ1v) is 3.51. The van der Waals surface area contributed by atoms with Crippen LogP contribution in [0.3, 0.4) is 0 Å². The lowest BCUT2D eigenvalue weighted by atomic mass is 10.1. The number of carbonyl (C=O) groups is 1. The van der Waals surface area contributed by atoms with Gasteiger partial charge in [-0.25, -0.2) is 8.78 Å². The van der Waals surface area contributed by atoms with E-state index in [1.165, 1.54) is 7.11 Å². The number of hydrogen-bond acceptors (Lipinski definition) is 2. The molecular formula is C7H10F2O2. The molecule has 0 heterocycles. The predicted octanol–water partition coefficient (Wildman–Crippen LogP) is 1.59. The highest BCUT2D eigenvalue weighted by Gasteiger charge is 2.42. The van der Waals surface area contributed by atoms with Crippen LogP contribution in [-0.2, 0) is 9.53 Å². The van der Waals surface area contributed by atoms with Crippen LogP contribution in [0, 0.1) is 5.92 Å². The molecule has 0 spiro atoms. The summed E-state index contributed by atoms with van der Waals surface area (Å²) in [6.45, 7) is 0. The van der Waals surface area contributed by atoms with Crippen LogP contribution in [0.25, 0.3) is 0 Å². The number of esters is 1. The molecule has 0 N–H and O–H groups in total. The van der Waals surface area contributed by atoms with Gasteiger partial charge >= 0.3 is 5.97 Å². The molecule has 64 valence electrons. The van der Waals surface area contributed by atoms with Crippen molar-refractivity contribution in [2.24, 2.45) is 5.92 Å². The molecule has 4 heteroatoms. The highest BCUT2D eigenvalue weighted by atomic mass is 19.3. The minimum absolute atomic E-state index is 0.188. The van der Waals surface area contributed by atoms with E-state index in [4.69, 9.17) is 0 Å². The third kappa shape index (κ3) is 1.88. The molecule has 11 heavy (non-hydrogen) atoms. The molecule has 0 aromatic carbocycles. The SMILES string of the molecule is COC(=O)[C@H]1CCC(F)(F)C1. The fourth-order valence-electron chi connectivity index (χ4n) is 1.32. The zero-order chi connectivity index (χ0) is 8.48. The summed E-state index contributed by atoms with van der Waals surface area (Å²) in [6.07, 6.45) is -0.286. The normalized spacial score (nSPS) is 28.5. The van der Waals surface area contributed by atoms with Crippen LogP contribution in [0.4, 0.5) is 8.78 Å². The summed E-state index contributed by atoms with van der Waals surface area (Å²) in [5.41, 5.74) is 0. The molecule has 1 aliphatic carbocycles. The van der Waals surface area contributed by atoms with Gasteiger partial charge in [0.05, 0.1) is 13.0 Å². The highest BCUT2D eigenvalue weighted by Crippen LogP contribution is 2.39. The van der Waals surface area contributed by atoms with E-state index in [2.05, 4.69) is 4.74 Å². The zero-order valence-corrected chi connectivity index (χ0v) is 6.27. The third-order valence-electron chi connectivity index (χ3n) is 1.94. The third-order valence-corrected chi connectivity index (χ3v) is 1.94. The van der Waals surface area contributed by atoms with Crippen LogP contribution in [-0.4, -0.2) is 19.0 Å². The second-order valence-corrected chi connectivity index (χ2v) is 2.82. The van der Waals surface area contributed by atoms with E-state index >= 15 is 0 Å². The van der Waals surface area contributed by atoms with E-state index in [1.807, 2.05) is 0 Å². The van der Waals surface area contributed by atoms with Crippen molar-refractivity contribution in [3.05, 3.63) is 0 Å². The summed E-state index contributed by atoms with van der Waals surface area (Å²) in [6, 6.07) is 0. The maximum Gasteiger partial charge on any atom is 0.308 e. The Kier molecular flexibility index (Phi) is 2.11. The van der Waals surface area contributed by atoms with Crippen molar-refractivity contribution in [2.45, 2.75) is 25.2 Å². The summed E-state index contributed by atoms with van der Waals surface area (Å²) < 4.78 is 29.3. The molecule has 1 saturated carbocycles. The van der Waals surface area contributed by atoms with Gasteiger partial charge in [0.2, 0.25) is 5.92 Å². The molecule has 1 fully saturated rings. The van der Waals surface area contributed by atoms with Gasteiger partial charge in [-0.2, -0.15) is 0 Å². The van der Waals surface area contributed by atoms with Crippen LogP contribution in [0.5, 0.6) is 0 Å². The van der Waals surface area contributed by atoms with E-state index in [1.54, 1.807) is 0 Å². The molecule has 0 aromatic rings. The maximum absolute atomic E-state index is 12.5. The Balaban J connectivity index is 2.48. The predicted molar refractivity (Wildman–Crippen MR) is 34.3 cm³/mol. The molecule has 0 bridgehead atoms. The minimum atomic E-state index is -2.65. The Morgan fingerprint density at radius 2 is 2.27 bits per heavy atom. The monoisotopic (exact) mass is 164 g/mol. The number of carbonyl (C=O) groups excluding carboxylic acids is 1. The van der Waals surface area contributed by atoms with Gasteiger partial charge in [-0.3, -0.25) is 4.79 Å². The minimum Gasteiger partial charge on any atom is -0.469 e. The fourth-order valence-corrected chi connectivity index (χ4v) is 1.32. The number of ether oxygens (including phenoxy) is 1. The summed E-state index contributed by atoms with van der Waals surface area (Å²) >= 11 is 0. The van der Waals surface area contributed by atoms with E-state index < -0.39 is 17.8 Å². The van der Waals surface area contributed by atoms with Crippen molar-refractivity contribution >= 4 is 5.97 Å². The Bertz CT molecular complexity index is 168. The Hall–Kier alpha value is -0.670. The van der Waals surface area contributed by atoms with Gasteiger partial charge in [-0.1, -0.05) is 0 Å². The molecule has 0 unspecified atom stereocenters. The second kappa shape index (κ2) is 2.75. The first-order chi connectivity index (χ1) is 5.05. The molecule has 1 aliphatic rings. The number of methoxy groups -OCH3 is 1. The Labute approximate surface area is 63.5 Å². The summed E-state index contributed by atoms with van der Waals surface area (Å²) in [7, 11) is 1.22. The molecule has 0 aliphatic heterocycles. The lowest BCUT2D eigenvalue weighted by Crippen LogP contribution is -2.16. The fraction of sp³-hybridized carbons (Fsp3) is 0.857. The lowest BCUT2D eigenvalue weighted by molar-refractivity contribution is -0.146. The second-order valence-electron chi connectivity index (χ2n) is 2.82. The molecule has 0 saturated heterocycles. The van der Waals surface area contributed by atoms with Crippen LogP contribution < -0.4 is 0 Å². The van der Waals surface area contributed by atoms with Gasteiger partial charge < -0.3 is 4.74 Å². The quantitative estimate of drug-likeness (QED) is 0.550. The van der Waals surface area contributed by atoms with Crippen molar-refractivity contribution in [3.63, 3.8) is 0 Å². The average molecular weight is 164 g/mol. The first kappa shape index (κ1) is 8.43. The Morgan fingerprint density at radius 1 is 1.64 bits per heavy atom. The van der Waals surface area contributed by atoms with Gasteiger partial charge in [-0.15, -0.1) is 0 Å². The van der Waals surface area contributed by atoms with E-state index in [9.17, 15) is 13.6 Å². The summed E-state index contributed by atoms with van der Waals surface area (Å²) in [4.78, 5) is 10.7. The van der Waals surface area contributed by atoms with Crippen LogP contribution in [0.1, 0.15) is 19.3 Å². The molecule has 0 radical (unpaired) electrons. The van der Waals surface area contributed by atoms with Crippen LogP contribution >= 0.6 is 0 Å². The molecule has 2 nitrogen and oxygen atoms in total. The van der Waals surface area contributed by atoms with Crippen molar-refractivity contribution < 1.29 is 18.3 Å². The van der Waals surface area contributed by atoms with Crippen molar-refractivity contribution in [1.82, 2.24) is 0 Å². The van der Waals surface area contributed by atoms with E-state index in [0.717, 1.165) is 0 Å². The van der Waals surface area contributed by atoms with Crippen molar-refractivity contribution in [1.29, 1.82) is 0 Å². The zero-order valence-electron chi connectivity index (χ0n) is 6.27. The highest BCUT2D eigenvalue weighted by molar-refractivity contribution is 5.72. The van der Waals surface area contributed by atoms with Gasteiger partial charge in [0.1, 0.15) is 0 Å². The number of alkyl halides is 2. The smallest absolute Gasteiger partial charge is 0.308 e. The van der Waals surface area contributed by atoms with Crippen LogP contribution in [0.2, 0.25) is 0 Å². The standard InChI is InChI=1S/C7H10F2O2/c1-11-6(10)5-2-3-7(8,9)4-5/h5H,2-4H2,1H3/t5-/m0/s1. The molecule has 0 aromatic heterocycles. The maximum atomic E-state index is 12.5. The van der Waals surface area contributed by atoms with Gasteiger partial charge in [0, 0.05) is 12.8 Å². The van der Waals surface area contributed by atoms with E-state index in [0.29, 0.717) is 0 Å². The number of rotatable bonds is 1. The largest absolute Gasteiger partial charge is 0.469 e. The molecule has 1 rings (SSSR count). The average Bonchev–Trinajstić information content (AvgIpc) is 2.29. The Morgan fingerprint density at radius 3 is 2.64 bits per heavy atom. The molecule has 1 atom stereocenters. The number of halogens is 2. The van der Waals surface area contributed by atoms with Crippen LogP contribution in [0.15, 0.2) is 0 Å². The summed E-state index contributed by atoms with van der Waals surface area (Å²) in [5.74, 6) is -3.75. The van der Waals surface area contributed by atoms with Gasteiger partial charge in [-0.05, 0) is 6.42 Å². The van der Waals surface area contributed by atoms with Crippen molar-refractivity contribution in [3.8, 4) is 0 Å². The number of hydrogen-bond donors (Lipinski definition) is 0. The van der Waals surface area contributed by atoms with E-state index in [-0.39, 0.29) is 19.3 Å². The summed E-state index contributed by atoms with van der Waals surface area (Å²) in [5, 5.41) is 0. The molecule has 0 amide bonds. The van der Waals surface area contributed by atoms with Gasteiger partial charge in [0.15, 0.2) is 0 Å². The van der Waals surface area contributed by atoms with Crippen molar-refractivity contribution in [2.75, 3.05) is 7.11 Å². The first-order valence-electron chi connectivity index (χ1n) is 3.51. The lowest BCUT2D eigenvalue weighted by Gasteiger charge is -2.07. The van der Waals surface area contributed by atoms with Gasteiger partial charge in [0.25, 0.3) is 0 Å². The topological polar surface area (TPSA) is 26.3 Å². The molecular weight excluding hydrogens is 154 g/mol.